The van der Waals surface area contributed by atoms with Crippen LogP contribution in [0.15, 0.2) is 66.0 Å². The average molecular weight is 559 g/mol. The highest BCUT2D eigenvalue weighted by Gasteiger charge is 2.28. The maximum Gasteiger partial charge on any atom is 0.228 e. The molecule has 0 N–H and O–H groups in total. The Morgan fingerprint density at radius 3 is 2.45 bits per heavy atom. The minimum atomic E-state index is -3.78. The molecule has 1 saturated heterocycles. The number of hydrogen-bond acceptors (Lipinski definition) is 6. The molecule has 2 heterocycles. The quantitative estimate of drug-likeness (QED) is 0.354. The van der Waals surface area contributed by atoms with Crippen LogP contribution in [-0.4, -0.2) is 73.1 Å². The lowest BCUT2D eigenvalue weighted by atomic mass is 10.1. The molecule has 1 amide bonds. The van der Waals surface area contributed by atoms with E-state index in [-0.39, 0.29) is 35.8 Å². The van der Waals surface area contributed by atoms with Crippen molar-refractivity contribution in [3.05, 3.63) is 82.6 Å². The molecule has 0 unspecified atom stereocenters. The van der Waals surface area contributed by atoms with Crippen LogP contribution < -0.4 is 0 Å². The van der Waals surface area contributed by atoms with Gasteiger partial charge in [0.2, 0.25) is 20.9 Å². The third-order valence-electron chi connectivity index (χ3n) is 6.63. The normalized spacial score (nSPS) is 14.6. The highest BCUT2D eigenvalue weighted by molar-refractivity contribution is 7.90. The number of amides is 1. The topological polar surface area (TPSA) is 84.7 Å². The zero-order valence-corrected chi connectivity index (χ0v) is 23.5. The molecule has 0 atom stereocenters. The van der Waals surface area contributed by atoms with Crippen molar-refractivity contribution < 1.29 is 17.9 Å². The van der Waals surface area contributed by atoms with E-state index in [1.807, 2.05) is 49.1 Å². The van der Waals surface area contributed by atoms with Gasteiger partial charge in [-0.05, 0) is 31.0 Å². The molecule has 1 aliphatic heterocycles. The fourth-order valence-electron chi connectivity index (χ4n) is 4.62. The van der Waals surface area contributed by atoms with Crippen molar-refractivity contribution in [3.8, 4) is 0 Å². The molecular weight excluding hydrogens is 524 g/mol. The van der Waals surface area contributed by atoms with Crippen molar-refractivity contribution in [1.29, 1.82) is 0 Å². The Labute approximate surface area is 230 Å². The minimum Gasteiger partial charge on any atom is -0.379 e. The number of sulfone groups is 1. The molecule has 8 nitrogen and oxygen atoms in total. The smallest absolute Gasteiger partial charge is 0.228 e. The second-order valence-electron chi connectivity index (χ2n) is 9.78. The molecule has 2 aromatic carbocycles. The summed E-state index contributed by atoms with van der Waals surface area (Å²) in [4.78, 5) is 21.9. The Morgan fingerprint density at radius 2 is 1.76 bits per heavy atom. The van der Waals surface area contributed by atoms with E-state index in [9.17, 15) is 13.2 Å². The molecule has 1 aromatic heterocycles. The average Bonchev–Trinajstić information content (AvgIpc) is 3.34. The van der Waals surface area contributed by atoms with Gasteiger partial charge >= 0.3 is 0 Å². The molecule has 0 saturated carbocycles. The summed E-state index contributed by atoms with van der Waals surface area (Å²) < 4.78 is 34.1. The van der Waals surface area contributed by atoms with Crippen molar-refractivity contribution >= 4 is 27.3 Å². The van der Waals surface area contributed by atoms with E-state index in [0.717, 1.165) is 25.2 Å². The van der Waals surface area contributed by atoms with E-state index in [1.165, 1.54) is 0 Å². The SMILES string of the molecule is CC(C)n1c(CN(CCN2CCOCC2)C(=O)Cc2ccccc2)cnc1S(=O)(=O)Cc1ccccc1Cl. The van der Waals surface area contributed by atoms with Crippen LogP contribution in [0.3, 0.4) is 0 Å². The van der Waals surface area contributed by atoms with Gasteiger partial charge in [0.15, 0.2) is 0 Å². The third-order valence-corrected chi connectivity index (χ3v) is 8.55. The van der Waals surface area contributed by atoms with Crippen LogP contribution in [0.2, 0.25) is 5.02 Å². The van der Waals surface area contributed by atoms with Crippen LogP contribution >= 0.6 is 11.6 Å². The molecule has 38 heavy (non-hydrogen) atoms. The number of rotatable bonds is 11. The lowest BCUT2D eigenvalue weighted by Gasteiger charge is -2.30. The first-order valence-electron chi connectivity index (χ1n) is 12.9. The van der Waals surface area contributed by atoms with E-state index in [0.29, 0.717) is 36.0 Å². The van der Waals surface area contributed by atoms with Gasteiger partial charge in [-0.25, -0.2) is 13.4 Å². The number of aromatic nitrogens is 2. The van der Waals surface area contributed by atoms with Crippen LogP contribution in [0.4, 0.5) is 0 Å². The minimum absolute atomic E-state index is 0.00828. The Balaban J connectivity index is 1.59. The molecule has 1 aliphatic rings. The summed E-state index contributed by atoms with van der Waals surface area (Å²) in [5.41, 5.74) is 2.15. The fraction of sp³-hybridized carbons (Fsp3) is 0.429. The molecule has 0 aliphatic carbocycles. The number of nitrogens with zero attached hydrogens (tertiary/aromatic N) is 4. The van der Waals surface area contributed by atoms with Gasteiger partial charge in [-0.1, -0.05) is 60.1 Å². The van der Waals surface area contributed by atoms with Gasteiger partial charge in [0.1, 0.15) is 0 Å². The summed E-state index contributed by atoms with van der Waals surface area (Å²) >= 11 is 6.25. The van der Waals surface area contributed by atoms with E-state index >= 15 is 0 Å². The fourth-order valence-corrected chi connectivity index (χ4v) is 6.53. The molecular formula is C28H35ClN4O4S. The van der Waals surface area contributed by atoms with E-state index < -0.39 is 9.84 Å². The van der Waals surface area contributed by atoms with Gasteiger partial charge in [-0.2, -0.15) is 0 Å². The van der Waals surface area contributed by atoms with Crippen molar-refractivity contribution in [2.45, 2.75) is 43.8 Å². The van der Waals surface area contributed by atoms with Gasteiger partial charge in [0, 0.05) is 37.2 Å². The van der Waals surface area contributed by atoms with E-state index in [1.54, 1.807) is 35.0 Å². The molecule has 1 fully saturated rings. The van der Waals surface area contributed by atoms with Crippen LogP contribution in [0.1, 0.15) is 36.7 Å². The first-order valence-corrected chi connectivity index (χ1v) is 14.9. The van der Waals surface area contributed by atoms with Crippen LogP contribution in [0.25, 0.3) is 0 Å². The predicted octanol–water partition coefficient (Wildman–Crippen LogP) is 3.99. The van der Waals surface area contributed by atoms with Crippen molar-refractivity contribution in [2.75, 3.05) is 39.4 Å². The molecule has 10 heteroatoms. The molecule has 0 spiro atoms. The highest BCUT2D eigenvalue weighted by atomic mass is 35.5. The van der Waals surface area contributed by atoms with Crippen LogP contribution in [0, 0.1) is 0 Å². The first kappa shape index (κ1) is 28.3. The Hall–Kier alpha value is -2.72. The van der Waals surface area contributed by atoms with Crippen LogP contribution in [-0.2, 0) is 38.1 Å². The van der Waals surface area contributed by atoms with E-state index in [2.05, 4.69) is 9.88 Å². The molecule has 4 rings (SSSR count). The third kappa shape index (κ3) is 7.22. The monoisotopic (exact) mass is 558 g/mol. The maximum atomic E-state index is 13.5. The summed E-state index contributed by atoms with van der Waals surface area (Å²) in [6.07, 6.45) is 1.86. The number of morpholine rings is 1. The summed E-state index contributed by atoms with van der Waals surface area (Å²) in [5.74, 6) is -0.259. The second kappa shape index (κ2) is 12.9. The van der Waals surface area contributed by atoms with Gasteiger partial charge < -0.3 is 14.2 Å². The van der Waals surface area contributed by atoms with Crippen LogP contribution in [0.5, 0.6) is 0 Å². The largest absolute Gasteiger partial charge is 0.379 e. The highest BCUT2D eigenvalue weighted by Crippen LogP contribution is 2.25. The molecule has 0 bridgehead atoms. The summed E-state index contributed by atoms with van der Waals surface area (Å²) in [5, 5.41) is 0.394. The van der Waals surface area contributed by atoms with Gasteiger partial charge in [0.25, 0.3) is 0 Å². The zero-order valence-electron chi connectivity index (χ0n) is 21.9. The number of imidazole rings is 1. The zero-order chi connectivity index (χ0) is 27.1. The standard InChI is InChI=1S/C28H35ClN4O4S/c1-22(2)33-25(19-30-28(33)38(35,36)21-24-10-6-7-11-26(24)29)20-32(13-12-31-14-16-37-17-15-31)27(34)18-23-8-4-3-5-9-23/h3-11,19,22H,12-18,20-21H2,1-2H3. The van der Waals surface area contributed by atoms with Gasteiger partial charge in [-0.15, -0.1) is 0 Å². The Morgan fingerprint density at radius 1 is 1.08 bits per heavy atom. The van der Waals surface area contributed by atoms with Gasteiger partial charge in [-0.3, -0.25) is 9.69 Å². The molecule has 204 valence electrons. The number of benzene rings is 2. The summed E-state index contributed by atoms with van der Waals surface area (Å²) in [7, 11) is -3.78. The summed E-state index contributed by atoms with van der Waals surface area (Å²) in [6.45, 7) is 8.38. The number of ether oxygens (including phenoxy) is 1. The lowest BCUT2D eigenvalue weighted by molar-refractivity contribution is -0.131. The molecule has 3 aromatic rings. The van der Waals surface area contributed by atoms with E-state index in [4.69, 9.17) is 16.3 Å². The van der Waals surface area contributed by atoms with Crippen molar-refractivity contribution in [3.63, 3.8) is 0 Å². The lowest BCUT2D eigenvalue weighted by Crippen LogP contribution is -2.43. The van der Waals surface area contributed by atoms with Crippen molar-refractivity contribution in [1.82, 2.24) is 19.4 Å². The Kier molecular flexibility index (Phi) is 9.59. The number of carbonyl (C=O) groups excluding carboxylic acids is 1. The maximum absolute atomic E-state index is 13.5. The molecule has 0 radical (unpaired) electrons. The number of carbonyl (C=O) groups is 1. The van der Waals surface area contributed by atoms with Crippen molar-refractivity contribution in [2.24, 2.45) is 0 Å². The summed E-state index contributed by atoms with van der Waals surface area (Å²) in [6, 6.07) is 16.4. The predicted molar refractivity (Wildman–Crippen MR) is 148 cm³/mol. The number of hydrogen-bond donors (Lipinski definition) is 0. The second-order valence-corrected chi connectivity index (χ2v) is 12.1. The Bertz CT molecular complexity index is 1320. The van der Waals surface area contributed by atoms with Gasteiger partial charge in [0.05, 0.1) is 43.8 Å². The first-order chi connectivity index (χ1) is 18.2. The number of halogens is 1.